The number of anilines is 2. The molecule has 15 heteroatoms. The average Bonchev–Trinajstić information content (AvgIpc) is 2.76. The molecule has 2 aromatic carbocycles. The van der Waals surface area contributed by atoms with Crippen LogP contribution in [0.5, 0.6) is 5.75 Å². The van der Waals surface area contributed by atoms with Gasteiger partial charge >= 0.3 is 18.4 Å². The van der Waals surface area contributed by atoms with Crippen molar-refractivity contribution in [1.82, 2.24) is 0 Å². The molecule has 39 heavy (non-hydrogen) atoms. The minimum Gasteiger partial charge on any atom is -0.486 e. The maximum Gasteiger partial charge on any atom is 0.427 e. The SMILES string of the molecule is CC(C)(N)C[C@H]1CN(S(=O)(=O)c2cccc(C(F)(F)F)c2)c2cc(NC(=O)OC(C)(C)C(F)(F)F)ccc2O1. The number of sulfonamides is 1. The van der Waals surface area contributed by atoms with Crippen molar-refractivity contribution >= 4 is 27.5 Å². The van der Waals surface area contributed by atoms with Crippen molar-refractivity contribution in [2.24, 2.45) is 5.73 Å². The lowest BCUT2D eigenvalue weighted by molar-refractivity contribution is -0.242. The summed E-state index contributed by atoms with van der Waals surface area (Å²) in [6.07, 6.45) is -11.8. The highest BCUT2D eigenvalue weighted by Crippen LogP contribution is 2.41. The van der Waals surface area contributed by atoms with Crippen LogP contribution >= 0.6 is 0 Å². The normalized spacial score (nSPS) is 16.8. The lowest BCUT2D eigenvalue weighted by Crippen LogP contribution is -2.48. The van der Waals surface area contributed by atoms with Crippen LogP contribution < -0.4 is 20.1 Å². The second kappa shape index (κ2) is 10.1. The van der Waals surface area contributed by atoms with Crippen LogP contribution in [0.4, 0.5) is 42.5 Å². The second-order valence-electron chi connectivity index (χ2n) is 10.2. The molecule has 0 unspecified atom stereocenters. The van der Waals surface area contributed by atoms with Gasteiger partial charge in [-0.15, -0.1) is 0 Å². The van der Waals surface area contributed by atoms with Crippen molar-refractivity contribution in [3.8, 4) is 5.75 Å². The summed E-state index contributed by atoms with van der Waals surface area (Å²) < 4.78 is 117. The zero-order chi connectivity index (χ0) is 29.6. The van der Waals surface area contributed by atoms with Gasteiger partial charge in [-0.1, -0.05) is 6.07 Å². The first-order valence-electron chi connectivity index (χ1n) is 11.5. The largest absolute Gasteiger partial charge is 0.486 e. The lowest BCUT2D eigenvalue weighted by atomic mass is 9.97. The highest BCUT2D eigenvalue weighted by Gasteiger charge is 2.51. The Kier molecular flexibility index (Phi) is 7.84. The van der Waals surface area contributed by atoms with Crippen LogP contribution in [0, 0.1) is 0 Å². The number of nitrogens with one attached hydrogen (secondary N) is 1. The predicted molar refractivity (Wildman–Crippen MR) is 130 cm³/mol. The van der Waals surface area contributed by atoms with Gasteiger partial charge in [0.15, 0.2) is 0 Å². The summed E-state index contributed by atoms with van der Waals surface area (Å²) in [5.41, 5.74) is 0.950. The summed E-state index contributed by atoms with van der Waals surface area (Å²) in [6, 6.07) is 6.78. The number of hydrogen-bond acceptors (Lipinski definition) is 6. The second-order valence-corrected chi connectivity index (χ2v) is 12.1. The van der Waals surface area contributed by atoms with Crippen LogP contribution in [0.1, 0.15) is 39.7 Å². The molecule has 1 atom stereocenters. The third-order valence-corrected chi connectivity index (χ3v) is 7.45. The van der Waals surface area contributed by atoms with Gasteiger partial charge in [-0.25, -0.2) is 13.2 Å². The lowest BCUT2D eigenvalue weighted by Gasteiger charge is -2.38. The quantitative estimate of drug-likeness (QED) is 0.424. The molecule has 0 aliphatic carbocycles. The van der Waals surface area contributed by atoms with E-state index >= 15 is 0 Å². The van der Waals surface area contributed by atoms with Crippen LogP contribution in [0.2, 0.25) is 0 Å². The molecule has 8 nitrogen and oxygen atoms in total. The molecular weight excluding hydrogens is 556 g/mol. The van der Waals surface area contributed by atoms with Gasteiger partial charge in [0.25, 0.3) is 10.0 Å². The summed E-state index contributed by atoms with van der Waals surface area (Å²) in [4.78, 5) is 11.5. The number of nitrogens with zero attached hydrogens (tertiary/aromatic N) is 1. The molecule has 3 N–H and O–H groups in total. The van der Waals surface area contributed by atoms with Crippen LogP contribution in [-0.4, -0.2) is 44.5 Å². The Hall–Kier alpha value is -3.20. The monoisotopic (exact) mass is 583 g/mol. The topological polar surface area (TPSA) is 111 Å². The minimum absolute atomic E-state index is 0.000546. The Morgan fingerprint density at radius 3 is 2.28 bits per heavy atom. The number of amides is 1. The molecule has 0 bridgehead atoms. The van der Waals surface area contributed by atoms with Crippen LogP contribution in [-0.2, 0) is 20.9 Å². The number of alkyl halides is 6. The fourth-order valence-corrected chi connectivity index (χ4v) is 5.25. The van der Waals surface area contributed by atoms with Crippen molar-refractivity contribution < 1.29 is 49.0 Å². The third kappa shape index (κ3) is 7.06. The van der Waals surface area contributed by atoms with E-state index in [1.807, 2.05) is 0 Å². The first-order valence-corrected chi connectivity index (χ1v) is 12.9. The van der Waals surface area contributed by atoms with E-state index in [0.29, 0.717) is 19.9 Å². The van der Waals surface area contributed by atoms with E-state index in [9.17, 15) is 39.6 Å². The Balaban J connectivity index is 2.02. The molecule has 0 radical (unpaired) electrons. The van der Waals surface area contributed by atoms with Gasteiger partial charge in [0.1, 0.15) is 11.9 Å². The van der Waals surface area contributed by atoms with Gasteiger partial charge in [-0.05, 0) is 64.1 Å². The molecule has 3 rings (SSSR count). The fourth-order valence-electron chi connectivity index (χ4n) is 3.70. The Labute approximate surface area is 221 Å². The van der Waals surface area contributed by atoms with Crippen molar-refractivity contribution in [2.45, 2.75) is 68.6 Å². The molecule has 1 aliphatic heterocycles. The molecule has 0 fully saturated rings. The van der Waals surface area contributed by atoms with E-state index in [-0.39, 0.29) is 30.1 Å². The standard InChI is InChI=1S/C24H27F6N3O5S/c1-21(2,31)12-16-13-33(39(35,36)17-7-5-6-14(10-17)23(25,26)27)18-11-15(8-9-19(18)37-16)32-20(34)38-22(3,4)24(28,29)30/h5-11,16H,12-13,31H2,1-4H3,(H,32,34)/t16-/m0/s1. The molecular formula is C24H27F6N3O5S. The molecule has 1 aliphatic rings. The van der Waals surface area contributed by atoms with Gasteiger partial charge in [0, 0.05) is 17.6 Å². The van der Waals surface area contributed by atoms with Crippen LogP contribution in [0.3, 0.4) is 0 Å². The molecule has 1 amide bonds. The number of ether oxygens (including phenoxy) is 2. The van der Waals surface area contributed by atoms with E-state index in [1.54, 1.807) is 13.8 Å². The van der Waals surface area contributed by atoms with E-state index in [4.69, 9.17) is 10.5 Å². The number of rotatable bonds is 6. The Bertz CT molecular complexity index is 1340. The average molecular weight is 584 g/mol. The number of fused-ring (bicyclic) bond motifs is 1. The van der Waals surface area contributed by atoms with Gasteiger partial charge in [-0.2, -0.15) is 26.3 Å². The predicted octanol–water partition coefficient (Wildman–Crippen LogP) is 5.68. The Morgan fingerprint density at radius 1 is 1.08 bits per heavy atom. The van der Waals surface area contributed by atoms with Crippen LogP contribution in [0.25, 0.3) is 0 Å². The molecule has 0 saturated carbocycles. The highest BCUT2D eigenvalue weighted by molar-refractivity contribution is 7.92. The van der Waals surface area contributed by atoms with Gasteiger partial charge in [0.2, 0.25) is 5.60 Å². The molecule has 0 saturated heterocycles. The van der Waals surface area contributed by atoms with Gasteiger partial charge in [-0.3, -0.25) is 9.62 Å². The van der Waals surface area contributed by atoms with Crippen molar-refractivity contribution in [3.05, 3.63) is 48.0 Å². The molecule has 0 spiro atoms. The molecule has 0 aromatic heterocycles. The maximum atomic E-state index is 13.6. The van der Waals surface area contributed by atoms with E-state index < -0.39 is 56.2 Å². The van der Waals surface area contributed by atoms with Crippen molar-refractivity contribution in [3.63, 3.8) is 0 Å². The third-order valence-electron chi connectivity index (χ3n) is 5.67. The summed E-state index contributed by atoms with van der Waals surface area (Å²) >= 11 is 0. The number of hydrogen-bond donors (Lipinski definition) is 2. The molecule has 2 aromatic rings. The number of halogens is 6. The van der Waals surface area contributed by atoms with E-state index in [1.165, 1.54) is 12.1 Å². The molecule has 1 heterocycles. The van der Waals surface area contributed by atoms with E-state index in [2.05, 4.69) is 10.1 Å². The minimum atomic E-state index is -4.87. The first kappa shape index (κ1) is 30.3. The number of carbonyl (C=O) groups excluding carboxylic acids is 1. The van der Waals surface area contributed by atoms with Crippen LogP contribution in [0.15, 0.2) is 47.4 Å². The summed E-state index contributed by atoms with van der Waals surface area (Å²) in [7, 11) is -4.62. The summed E-state index contributed by atoms with van der Waals surface area (Å²) in [5, 5.41) is 2.10. The smallest absolute Gasteiger partial charge is 0.427 e. The maximum absolute atomic E-state index is 13.6. The van der Waals surface area contributed by atoms with Crippen molar-refractivity contribution in [2.75, 3.05) is 16.2 Å². The fraction of sp³-hybridized carbons (Fsp3) is 0.458. The zero-order valence-electron chi connectivity index (χ0n) is 21.3. The van der Waals surface area contributed by atoms with Gasteiger partial charge in [0.05, 0.1) is 22.7 Å². The first-order chi connectivity index (χ1) is 17.6. The molecule has 216 valence electrons. The Morgan fingerprint density at radius 2 is 1.72 bits per heavy atom. The zero-order valence-corrected chi connectivity index (χ0v) is 22.1. The number of carbonyl (C=O) groups is 1. The number of nitrogens with two attached hydrogens (primary N) is 1. The summed E-state index contributed by atoms with van der Waals surface area (Å²) in [5.74, 6) is 0.000546. The van der Waals surface area contributed by atoms with E-state index in [0.717, 1.165) is 28.6 Å². The van der Waals surface area contributed by atoms with Crippen molar-refractivity contribution in [1.29, 1.82) is 0 Å². The number of benzene rings is 2. The summed E-state index contributed by atoms with van der Waals surface area (Å²) in [6.45, 7) is 4.31. The van der Waals surface area contributed by atoms with Gasteiger partial charge < -0.3 is 15.2 Å². The highest BCUT2D eigenvalue weighted by atomic mass is 32.2.